The lowest BCUT2D eigenvalue weighted by Crippen LogP contribution is -2.06. The van der Waals surface area contributed by atoms with Gasteiger partial charge in [0, 0.05) is 29.8 Å². The highest BCUT2D eigenvalue weighted by Crippen LogP contribution is 2.44. The van der Waals surface area contributed by atoms with Crippen LogP contribution < -0.4 is 4.74 Å². The van der Waals surface area contributed by atoms with E-state index in [9.17, 15) is 4.79 Å². The molecule has 4 aromatic rings. The van der Waals surface area contributed by atoms with Gasteiger partial charge < -0.3 is 9.30 Å². The molecule has 29 heavy (non-hydrogen) atoms. The SMILES string of the molecule is CSc1c(OC(C)=O)cc(C(C)C)c2c3ccccc3n(Cc3ccccc3)c12. The summed E-state index contributed by atoms with van der Waals surface area (Å²) in [4.78, 5) is 12.8. The summed E-state index contributed by atoms with van der Waals surface area (Å²) < 4.78 is 8.03. The number of fused-ring (bicyclic) bond motifs is 3. The monoisotopic (exact) mass is 403 g/mol. The summed E-state index contributed by atoms with van der Waals surface area (Å²) in [6, 6.07) is 21.1. The average Bonchev–Trinajstić information content (AvgIpc) is 3.02. The van der Waals surface area contributed by atoms with Gasteiger partial charge in [0.25, 0.3) is 0 Å². The maximum atomic E-state index is 11.8. The summed E-state index contributed by atoms with van der Waals surface area (Å²) in [6.45, 7) is 6.60. The molecule has 3 aromatic carbocycles. The Morgan fingerprint density at radius 3 is 2.41 bits per heavy atom. The van der Waals surface area contributed by atoms with Crippen LogP contribution in [0.2, 0.25) is 0 Å². The molecule has 0 spiro atoms. The van der Waals surface area contributed by atoms with Gasteiger partial charge in [-0.15, -0.1) is 11.8 Å². The van der Waals surface area contributed by atoms with Crippen molar-refractivity contribution >= 4 is 39.5 Å². The van der Waals surface area contributed by atoms with E-state index in [1.165, 1.54) is 34.3 Å². The van der Waals surface area contributed by atoms with Crippen molar-refractivity contribution in [2.75, 3.05) is 6.26 Å². The lowest BCUT2D eigenvalue weighted by molar-refractivity contribution is -0.132. The molecular weight excluding hydrogens is 378 g/mol. The molecule has 0 amide bonds. The van der Waals surface area contributed by atoms with E-state index in [4.69, 9.17) is 4.74 Å². The largest absolute Gasteiger partial charge is 0.425 e. The zero-order chi connectivity index (χ0) is 20.5. The lowest BCUT2D eigenvalue weighted by Gasteiger charge is -2.17. The van der Waals surface area contributed by atoms with E-state index < -0.39 is 0 Å². The maximum absolute atomic E-state index is 11.8. The Balaban J connectivity index is 2.13. The van der Waals surface area contributed by atoms with Gasteiger partial charge in [0.1, 0.15) is 5.75 Å². The molecule has 0 N–H and O–H groups in total. The molecule has 1 aromatic heterocycles. The molecule has 0 radical (unpaired) electrons. The van der Waals surface area contributed by atoms with Gasteiger partial charge in [-0.3, -0.25) is 4.79 Å². The third-order valence-corrected chi connectivity index (χ3v) is 6.05. The molecule has 3 nitrogen and oxygen atoms in total. The van der Waals surface area contributed by atoms with Crippen LogP contribution in [0, 0.1) is 0 Å². The summed E-state index contributed by atoms with van der Waals surface area (Å²) in [5.41, 5.74) is 4.79. The number of rotatable bonds is 5. The molecule has 0 atom stereocenters. The minimum atomic E-state index is -0.292. The molecule has 0 saturated heterocycles. The number of carbonyl (C=O) groups excluding carboxylic acids is 1. The van der Waals surface area contributed by atoms with Crippen molar-refractivity contribution < 1.29 is 9.53 Å². The van der Waals surface area contributed by atoms with Crippen LogP contribution in [0.4, 0.5) is 0 Å². The Kier molecular flexibility index (Phi) is 5.37. The summed E-state index contributed by atoms with van der Waals surface area (Å²) in [6.07, 6.45) is 2.04. The lowest BCUT2D eigenvalue weighted by atomic mass is 9.96. The number of carbonyl (C=O) groups is 1. The van der Waals surface area contributed by atoms with Crippen molar-refractivity contribution in [3.8, 4) is 5.75 Å². The number of aromatic nitrogens is 1. The van der Waals surface area contributed by atoms with Crippen molar-refractivity contribution in [3.63, 3.8) is 0 Å². The van der Waals surface area contributed by atoms with Crippen molar-refractivity contribution in [2.45, 2.75) is 38.1 Å². The third-order valence-electron chi connectivity index (χ3n) is 5.25. The number of para-hydroxylation sites is 1. The molecular formula is C25H25NO2S. The predicted molar refractivity (Wildman–Crippen MR) is 122 cm³/mol. The minimum Gasteiger partial charge on any atom is -0.425 e. The molecule has 0 bridgehead atoms. The number of nitrogens with zero attached hydrogens (tertiary/aromatic N) is 1. The van der Waals surface area contributed by atoms with Gasteiger partial charge >= 0.3 is 5.97 Å². The number of hydrogen-bond acceptors (Lipinski definition) is 3. The normalized spacial score (nSPS) is 11.5. The Hall–Kier alpha value is -2.72. The summed E-state index contributed by atoms with van der Waals surface area (Å²) in [5, 5.41) is 2.50. The fraction of sp³-hybridized carbons (Fsp3) is 0.240. The molecule has 4 heteroatoms. The first kappa shape index (κ1) is 19.6. The second-order valence-electron chi connectivity index (χ2n) is 7.56. The van der Waals surface area contributed by atoms with Gasteiger partial charge in [-0.05, 0) is 35.4 Å². The van der Waals surface area contributed by atoms with E-state index >= 15 is 0 Å². The third kappa shape index (κ3) is 3.53. The molecule has 1 heterocycles. The topological polar surface area (TPSA) is 31.2 Å². The van der Waals surface area contributed by atoms with Crippen LogP contribution in [-0.4, -0.2) is 16.8 Å². The van der Waals surface area contributed by atoms with E-state index in [1.54, 1.807) is 11.8 Å². The van der Waals surface area contributed by atoms with Gasteiger partial charge in [0.05, 0.1) is 10.4 Å². The molecule has 0 aliphatic heterocycles. The zero-order valence-electron chi connectivity index (χ0n) is 17.2. The summed E-state index contributed by atoms with van der Waals surface area (Å²) in [5.74, 6) is 0.664. The first-order valence-electron chi connectivity index (χ1n) is 9.85. The van der Waals surface area contributed by atoms with E-state index in [2.05, 4.69) is 73.0 Å². The minimum absolute atomic E-state index is 0.292. The molecule has 0 fully saturated rings. The predicted octanol–water partition coefficient (Wildman–Crippen LogP) is 6.61. The van der Waals surface area contributed by atoms with Gasteiger partial charge in [-0.1, -0.05) is 62.4 Å². The van der Waals surface area contributed by atoms with Crippen LogP contribution in [0.25, 0.3) is 21.8 Å². The Bertz CT molecular complexity index is 1190. The number of thioether (sulfide) groups is 1. The van der Waals surface area contributed by atoms with E-state index in [1.807, 2.05) is 12.3 Å². The van der Waals surface area contributed by atoms with Crippen LogP contribution >= 0.6 is 11.8 Å². The van der Waals surface area contributed by atoms with E-state index in [-0.39, 0.29) is 5.97 Å². The number of ether oxygens (including phenoxy) is 1. The Morgan fingerprint density at radius 2 is 1.76 bits per heavy atom. The number of hydrogen-bond donors (Lipinski definition) is 0. The van der Waals surface area contributed by atoms with Gasteiger partial charge in [0.15, 0.2) is 0 Å². The Labute approximate surface area is 175 Å². The first-order chi connectivity index (χ1) is 14.0. The summed E-state index contributed by atoms with van der Waals surface area (Å²) >= 11 is 1.63. The second-order valence-corrected chi connectivity index (χ2v) is 8.37. The highest BCUT2D eigenvalue weighted by atomic mass is 32.2. The van der Waals surface area contributed by atoms with Crippen LogP contribution in [0.3, 0.4) is 0 Å². The molecule has 0 saturated carbocycles. The van der Waals surface area contributed by atoms with Crippen LogP contribution in [-0.2, 0) is 11.3 Å². The highest BCUT2D eigenvalue weighted by molar-refractivity contribution is 7.99. The molecule has 148 valence electrons. The van der Waals surface area contributed by atoms with E-state index in [0.717, 1.165) is 17.0 Å². The fourth-order valence-corrected chi connectivity index (χ4v) is 4.75. The van der Waals surface area contributed by atoms with Crippen molar-refractivity contribution in [3.05, 3.63) is 71.8 Å². The molecule has 0 unspecified atom stereocenters. The van der Waals surface area contributed by atoms with Crippen LogP contribution in [0.15, 0.2) is 65.6 Å². The highest BCUT2D eigenvalue weighted by Gasteiger charge is 2.23. The fourth-order valence-electron chi connectivity index (χ4n) is 4.04. The van der Waals surface area contributed by atoms with Crippen molar-refractivity contribution in [1.29, 1.82) is 0 Å². The quantitative estimate of drug-likeness (QED) is 0.213. The zero-order valence-corrected chi connectivity index (χ0v) is 18.0. The van der Waals surface area contributed by atoms with Crippen LogP contribution in [0.1, 0.15) is 37.8 Å². The standard InChI is InChI=1S/C25H25NO2S/c1-16(2)20-14-22(28-17(3)27)25(29-4)24-23(20)19-12-8-9-13-21(19)26(24)15-18-10-6-5-7-11-18/h5-14,16H,15H2,1-4H3. The van der Waals surface area contributed by atoms with Crippen molar-refractivity contribution in [1.82, 2.24) is 4.57 Å². The van der Waals surface area contributed by atoms with Gasteiger partial charge in [0.2, 0.25) is 0 Å². The molecule has 4 rings (SSSR count). The van der Waals surface area contributed by atoms with Crippen molar-refractivity contribution in [2.24, 2.45) is 0 Å². The Morgan fingerprint density at radius 1 is 1.07 bits per heavy atom. The molecule has 0 aliphatic carbocycles. The molecule has 0 aliphatic rings. The first-order valence-corrected chi connectivity index (χ1v) is 11.1. The second kappa shape index (κ2) is 7.96. The van der Waals surface area contributed by atoms with E-state index in [0.29, 0.717) is 11.7 Å². The number of esters is 1. The number of benzene rings is 3. The van der Waals surface area contributed by atoms with Gasteiger partial charge in [-0.2, -0.15) is 0 Å². The summed E-state index contributed by atoms with van der Waals surface area (Å²) in [7, 11) is 0. The van der Waals surface area contributed by atoms with Gasteiger partial charge in [-0.25, -0.2) is 0 Å². The maximum Gasteiger partial charge on any atom is 0.308 e. The average molecular weight is 404 g/mol. The smallest absolute Gasteiger partial charge is 0.308 e. The van der Waals surface area contributed by atoms with Crippen LogP contribution in [0.5, 0.6) is 5.75 Å².